The molecule has 4 N–H and O–H groups in total. The number of likely N-dealkylation sites (tertiary alicyclic amines) is 1. The molecule has 0 unspecified atom stereocenters. The number of carbonyl (C=O) groups is 4. The number of halogens is 4. The lowest BCUT2D eigenvalue weighted by Crippen LogP contribution is -2.63. The van der Waals surface area contributed by atoms with Gasteiger partial charge in [0.2, 0.25) is 0 Å². The molecule has 17 heteroatoms. The molecule has 2 aromatic rings. The Morgan fingerprint density at radius 2 is 1.73 bits per heavy atom. The van der Waals surface area contributed by atoms with E-state index in [1.165, 1.54) is 15.9 Å². The molecule has 0 spiro atoms. The zero-order valence-corrected chi connectivity index (χ0v) is 32.4. The number of nitrogen functional groups attached to an aromatic ring is 1. The van der Waals surface area contributed by atoms with E-state index in [2.05, 4.69) is 15.5 Å². The smallest absolute Gasteiger partial charge is 0.418 e. The topological polar surface area (TPSA) is 150 Å². The maximum atomic E-state index is 14.6. The van der Waals surface area contributed by atoms with Crippen molar-refractivity contribution >= 4 is 47.0 Å². The molecule has 4 amide bonds. The molecule has 0 radical (unpaired) electrons. The summed E-state index contributed by atoms with van der Waals surface area (Å²) in [6.45, 7) is 5.50. The monoisotopic (exact) mass is 805 g/mol. The second kappa shape index (κ2) is 18.3. The number of alkyl halides is 3. The Hall–Kier alpha value is -4.28. The summed E-state index contributed by atoms with van der Waals surface area (Å²) in [6.07, 6.45) is -2.98. The third kappa shape index (κ3) is 9.80. The van der Waals surface area contributed by atoms with Crippen molar-refractivity contribution in [3.8, 4) is 0 Å². The van der Waals surface area contributed by atoms with E-state index in [0.29, 0.717) is 38.8 Å². The number of urea groups is 1. The van der Waals surface area contributed by atoms with E-state index in [4.69, 9.17) is 26.8 Å². The van der Waals surface area contributed by atoms with Crippen LogP contribution in [0.1, 0.15) is 62.1 Å². The van der Waals surface area contributed by atoms with Crippen LogP contribution in [-0.2, 0) is 38.1 Å². The maximum absolute atomic E-state index is 14.6. The summed E-state index contributed by atoms with van der Waals surface area (Å²) in [5.41, 5.74) is 5.65. The van der Waals surface area contributed by atoms with Gasteiger partial charge in [0.1, 0.15) is 6.04 Å². The van der Waals surface area contributed by atoms with Crippen LogP contribution in [0.3, 0.4) is 0 Å². The molecule has 0 saturated carbocycles. The minimum absolute atomic E-state index is 0.0232. The fraction of sp³-hybridized carbons (Fsp3) is 0.590. The molecule has 2 atom stereocenters. The summed E-state index contributed by atoms with van der Waals surface area (Å²) in [5, 5.41) is 5.96. The summed E-state index contributed by atoms with van der Waals surface area (Å²) < 4.78 is 53.5. The van der Waals surface area contributed by atoms with Gasteiger partial charge in [0.15, 0.2) is 6.10 Å². The summed E-state index contributed by atoms with van der Waals surface area (Å²) in [6, 6.07) is 8.46. The Labute approximate surface area is 329 Å². The third-order valence-corrected chi connectivity index (χ3v) is 11.6. The second-order valence-corrected chi connectivity index (χ2v) is 15.3. The van der Waals surface area contributed by atoms with Crippen molar-refractivity contribution in [2.24, 2.45) is 0 Å². The molecule has 0 aliphatic carbocycles. The number of piperazine rings is 1. The number of hydrogen-bond donors (Lipinski definition) is 3. The highest BCUT2D eigenvalue weighted by molar-refractivity contribution is 6.33. The van der Waals surface area contributed by atoms with Crippen LogP contribution in [0.15, 0.2) is 36.4 Å². The van der Waals surface area contributed by atoms with Gasteiger partial charge in [-0.25, -0.2) is 14.4 Å². The highest BCUT2D eigenvalue weighted by atomic mass is 35.5. The Morgan fingerprint density at radius 1 is 1.00 bits per heavy atom. The van der Waals surface area contributed by atoms with E-state index in [0.717, 1.165) is 49.7 Å². The first-order valence-corrected chi connectivity index (χ1v) is 19.9. The number of amides is 4. The fourth-order valence-corrected chi connectivity index (χ4v) is 8.33. The number of ether oxygens (including phenoxy) is 2. The number of nitrogens with zero attached hydrogens (tertiary/aromatic N) is 4. The molecular weight excluding hydrogens is 755 g/mol. The van der Waals surface area contributed by atoms with Crippen LogP contribution in [0.25, 0.3) is 0 Å². The Balaban J connectivity index is 1.20. The fourth-order valence-electron chi connectivity index (χ4n) is 8.09. The number of anilines is 2. The van der Waals surface area contributed by atoms with Crippen LogP contribution >= 0.6 is 11.6 Å². The normalized spacial score (nSPS) is 20.8. The number of hydrogen-bond acceptors (Lipinski definition) is 9. The zero-order chi connectivity index (χ0) is 40.0. The number of carbonyl (C=O) groups excluding carboxylic acids is 4. The zero-order valence-electron chi connectivity index (χ0n) is 31.6. The molecule has 6 rings (SSSR count). The predicted molar refractivity (Wildman–Crippen MR) is 204 cm³/mol. The van der Waals surface area contributed by atoms with Gasteiger partial charge in [0.25, 0.3) is 5.91 Å². The lowest BCUT2D eigenvalue weighted by Gasteiger charge is -2.45. The molecule has 4 aliphatic rings. The number of fused-ring (bicyclic) bond motifs is 1. The van der Waals surface area contributed by atoms with Crippen LogP contribution < -0.4 is 16.4 Å². The van der Waals surface area contributed by atoms with Crippen molar-refractivity contribution < 1.29 is 41.8 Å². The van der Waals surface area contributed by atoms with E-state index in [9.17, 15) is 32.3 Å². The molecular formula is C39H51ClF3N7O6. The van der Waals surface area contributed by atoms with Crippen molar-refractivity contribution in [2.75, 3.05) is 70.0 Å². The van der Waals surface area contributed by atoms with Gasteiger partial charge in [-0.2, -0.15) is 13.2 Å². The van der Waals surface area contributed by atoms with E-state index in [1.54, 1.807) is 4.90 Å². The van der Waals surface area contributed by atoms with Crippen molar-refractivity contribution in [2.45, 2.75) is 88.7 Å². The largest absolute Gasteiger partial charge is 0.464 e. The average Bonchev–Trinajstić information content (AvgIpc) is 3.36. The number of piperidine rings is 2. The van der Waals surface area contributed by atoms with Crippen LogP contribution in [-0.4, -0.2) is 127 Å². The number of nitrogens with two attached hydrogens (primary N) is 1. The first-order chi connectivity index (χ1) is 26.8. The lowest BCUT2D eigenvalue weighted by molar-refractivity contribution is -0.163. The van der Waals surface area contributed by atoms with Crippen LogP contribution in [0.5, 0.6) is 0 Å². The maximum Gasteiger partial charge on any atom is 0.418 e. The van der Waals surface area contributed by atoms with Crippen molar-refractivity contribution in [1.29, 1.82) is 0 Å². The number of rotatable bonds is 10. The number of benzene rings is 2. The molecule has 0 aromatic heterocycles. The molecule has 4 heterocycles. The highest BCUT2D eigenvalue weighted by Gasteiger charge is 2.43. The minimum Gasteiger partial charge on any atom is -0.464 e. The number of nitrogens with one attached hydrogen (secondary N) is 2. The first kappa shape index (κ1) is 41.4. The molecule has 2 aromatic carbocycles. The predicted octanol–water partition coefficient (Wildman–Crippen LogP) is 5.15. The van der Waals surface area contributed by atoms with Crippen molar-refractivity contribution in [3.63, 3.8) is 0 Å². The standard InChI is InChI=1S/C39H51ClF3N7O6/c1-2-3-20-55-36(52)32-24-48(27-8-13-45-14-9-27)18-19-50(32)35(51)33(23-25-21-29(39(41,42)43)34(44)30(40)22-25)56-38(54)47-15-11-28(12-16-47)49-17-10-26-6-4-5-7-31(26)46-37(49)53/h4-7,21-22,27-28,32-33,45H,2-3,8-20,23-24,44H2,1H3,(H,46,53)/t32-,33+/m0/s1. The van der Waals surface area contributed by atoms with Gasteiger partial charge in [-0.05, 0) is 80.9 Å². The SMILES string of the molecule is CCCCOC(=O)[C@@H]1CN(C2CCNCC2)CCN1C(=O)[C@@H](Cc1cc(Cl)c(N)c(C(F)(F)F)c1)OC(=O)N1CCC(N2CCc3ccccc3NC2=O)CC1. The van der Waals surface area contributed by atoms with Crippen molar-refractivity contribution in [1.82, 2.24) is 24.9 Å². The van der Waals surface area contributed by atoms with Crippen LogP contribution in [0, 0.1) is 0 Å². The molecule has 3 saturated heterocycles. The molecule has 3 fully saturated rings. The van der Waals surface area contributed by atoms with Gasteiger partial charge in [-0.3, -0.25) is 9.69 Å². The summed E-state index contributed by atoms with van der Waals surface area (Å²) >= 11 is 6.16. The van der Waals surface area contributed by atoms with E-state index in [1.807, 2.05) is 31.2 Å². The average molecular weight is 806 g/mol. The molecule has 13 nitrogen and oxygen atoms in total. The first-order valence-electron chi connectivity index (χ1n) is 19.5. The van der Waals surface area contributed by atoms with Gasteiger partial charge < -0.3 is 40.5 Å². The van der Waals surface area contributed by atoms with Crippen LogP contribution in [0.4, 0.5) is 34.1 Å². The molecule has 4 aliphatic heterocycles. The number of para-hydroxylation sites is 1. The van der Waals surface area contributed by atoms with Crippen molar-refractivity contribution in [3.05, 3.63) is 58.1 Å². The molecule has 56 heavy (non-hydrogen) atoms. The number of esters is 1. The minimum atomic E-state index is -4.84. The van der Waals surface area contributed by atoms with Gasteiger partial charge in [0, 0.05) is 63.5 Å². The van der Waals surface area contributed by atoms with Gasteiger partial charge >= 0.3 is 24.3 Å². The van der Waals surface area contributed by atoms with Gasteiger partial charge in [-0.15, -0.1) is 0 Å². The third-order valence-electron chi connectivity index (χ3n) is 11.3. The Morgan fingerprint density at radius 3 is 2.45 bits per heavy atom. The van der Waals surface area contributed by atoms with E-state index < -0.39 is 54.0 Å². The lowest BCUT2D eigenvalue weighted by atomic mass is 9.99. The van der Waals surface area contributed by atoms with E-state index >= 15 is 0 Å². The van der Waals surface area contributed by atoms with E-state index in [-0.39, 0.29) is 61.5 Å². The number of unbranched alkanes of at least 4 members (excludes halogenated alkanes) is 1. The quantitative estimate of drug-likeness (QED) is 0.168. The Bertz CT molecular complexity index is 1740. The summed E-state index contributed by atoms with van der Waals surface area (Å²) in [7, 11) is 0. The molecule has 306 valence electrons. The van der Waals surface area contributed by atoms with Gasteiger partial charge in [0.05, 0.1) is 22.9 Å². The highest BCUT2D eigenvalue weighted by Crippen LogP contribution is 2.38. The summed E-state index contributed by atoms with van der Waals surface area (Å²) in [4.78, 5) is 61.9. The summed E-state index contributed by atoms with van der Waals surface area (Å²) in [5.74, 6) is -1.31. The van der Waals surface area contributed by atoms with Gasteiger partial charge in [-0.1, -0.05) is 43.1 Å². The van der Waals surface area contributed by atoms with Crippen LogP contribution in [0.2, 0.25) is 5.02 Å². The second-order valence-electron chi connectivity index (χ2n) is 14.9. The molecule has 0 bridgehead atoms. The Kier molecular flexibility index (Phi) is 13.5.